The van der Waals surface area contributed by atoms with Crippen LogP contribution in [0.5, 0.6) is 0 Å². The van der Waals surface area contributed by atoms with Crippen molar-refractivity contribution < 1.29 is 0 Å². The van der Waals surface area contributed by atoms with Crippen molar-refractivity contribution in [2.45, 2.75) is 52.4 Å². The Morgan fingerprint density at radius 1 is 0.739 bits per heavy atom. The molecule has 0 fully saturated rings. The number of hydrogen-bond acceptors (Lipinski definition) is 0. The number of rotatable bonds is 7. The SMILES string of the molecule is CCCCCC(CC)Cc1ccc2cc3ccccc3cc2c1. The molecule has 3 rings (SSSR count). The molecule has 0 N–H and O–H groups in total. The number of fused-ring (bicyclic) bond motifs is 2. The van der Waals surface area contributed by atoms with E-state index < -0.39 is 0 Å². The van der Waals surface area contributed by atoms with E-state index in [4.69, 9.17) is 0 Å². The highest BCUT2D eigenvalue weighted by atomic mass is 14.1. The summed E-state index contributed by atoms with van der Waals surface area (Å²) < 4.78 is 0. The standard InChI is InChI=1S/C23H28/c1-3-5-6-9-18(4-2)14-19-12-13-22-16-20-10-7-8-11-21(20)17-23(22)15-19/h7-8,10-13,15-18H,3-6,9,14H2,1-2H3. The van der Waals surface area contributed by atoms with E-state index in [0.29, 0.717) is 0 Å². The first-order valence-electron chi connectivity index (χ1n) is 9.21. The quantitative estimate of drug-likeness (QED) is 0.321. The molecular weight excluding hydrogens is 276 g/mol. The topological polar surface area (TPSA) is 0 Å². The van der Waals surface area contributed by atoms with Gasteiger partial charge in [-0.15, -0.1) is 0 Å². The summed E-state index contributed by atoms with van der Waals surface area (Å²) in [5.41, 5.74) is 1.50. The van der Waals surface area contributed by atoms with Crippen LogP contribution in [0.2, 0.25) is 0 Å². The van der Waals surface area contributed by atoms with Crippen molar-refractivity contribution >= 4 is 21.5 Å². The Morgan fingerprint density at radius 3 is 2.13 bits per heavy atom. The molecule has 0 heterocycles. The maximum Gasteiger partial charge on any atom is -0.0175 e. The third-order valence-electron chi connectivity index (χ3n) is 5.09. The Labute approximate surface area is 140 Å². The van der Waals surface area contributed by atoms with Gasteiger partial charge in [0, 0.05) is 0 Å². The monoisotopic (exact) mass is 304 g/mol. The molecule has 0 nitrogen and oxygen atoms in total. The average molecular weight is 304 g/mol. The van der Waals surface area contributed by atoms with Crippen molar-refractivity contribution in [2.24, 2.45) is 5.92 Å². The van der Waals surface area contributed by atoms with Gasteiger partial charge in [-0.25, -0.2) is 0 Å². The fourth-order valence-electron chi connectivity index (χ4n) is 3.58. The van der Waals surface area contributed by atoms with E-state index in [9.17, 15) is 0 Å². The molecule has 0 amide bonds. The zero-order valence-electron chi connectivity index (χ0n) is 14.5. The van der Waals surface area contributed by atoms with Gasteiger partial charge in [-0.1, -0.05) is 88.4 Å². The van der Waals surface area contributed by atoms with Gasteiger partial charge >= 0.3 is 0 Å². The molecule has 0 aromatic heterocycles. The molecule has 0 heteroatoms. The summed E-state index contributed by atoms with van der Waals surface area (Å²) in [6, 6.07) is 20.3. The minimum atomic E-state index is 0.833. The number of benzene rings is 3. The zero-order valence-corrected chi connectivity index (χ0v) is 14.5. The van der Waals surface area contributed by atoms with Crippen LogP contribution in [0.1, 0.15) is 51.5 Å². The summed E-state index contributed by atoms with van der Waals surface area (Å²) in [5.74, 6) is 0.833. The molecule has 3 aromatic rings. The molecule has 0 aliphatic rings. The van der Waals surface area contributed by atoms with Gasteiger partial charge in [0.2, 0.25) is 0 Å². The summed E-state index contributed by atoms with van der Waals surface area (Å²) in [7, 11) is 0. The molecule has 0 radical (unpaired) electrons. The molecule has 120 valence electrons. The summed E-state index contributed by atoms with van der Waals surface area (Å²) in [5, 5.41) is 5.40. The molecule has 1 atom stereocenters. The lowest BCUT2D eigenvalue weighted by Gasteiger charge is -2.15. The molecule has 23 heavy (non-hydrogen) atoms. The maximum atomic E-state index is 2.41. The van der Waals surface area contributed by atoms with Gasteiger partial charge < -0.3 is 0 Å². The molecule has 0 saturated carbocycles. The fraction of sp³-hybridized carbons (Fsp3) is 0.391. The fourth-order valence-corrected chi connectivity index (χ4v) is 3.58. The van der Waals surface area contributed by atoms with E-state index in [1.807, 2.05) is 0 Å². The third-order valence-corrected chi connectivity index (χ3v) is 5.09. The van der Waals surface area contributed by atoms with Crippen LogP contribution in [0.15, 0.2) is 54.6 Å². The van der Waals surface area contributed by atoms with E-state index in [0.717, 1.165) is 5.92 Å². The molecule has 0 bridgehead atoms. The van der Waals surface area contributed by atoms with Gasteiger partial charge in [-0.3, -0.25) is 0 Å². The second-order valence-corrected chi connectivity index (χ2v) is 6.86. The lowest BCUT2D eigenvalue weighted by molar-refractivity contribution is 0.443. The largest absolute Gasteiger partial charge is 0.0654 e. The van der Waals surface area contributed by atoms with Gasteiger partial charge in [0.25, 0.3) is 0 Å². The van der Waals surface area contributed by atoms with E-state index in [-0.39, 0.29) is 0 Å². The van der Waals surface area contributed by atoms with Crippen molar-refractivity contribution in [1.29, 1.82) is 0 Å². The molecular formula is C23H28. The van der Waals surface area contributed by atoms with Gasteiger partial charge in [0.15, 0.2) is 0 Å². The zero-order chi connectivity index (χ0) is 16.1. The molecule has 0 aliphatic carbocycles. The lowest BCUT2D eigenvalue weighted by atomic mass is 9.90. The predicted octanol–water partition coefficient (Wildman–Crippen LogP) is 7.14. The molecule has 0 aliphatic heterocycles. The first-order valence-corrected chi connectivity index (χ1v) is 9.21. The van der Waals surface area contributed by atoms with Crippen LogP contribution in [0.3, 0.4) is 0 Å². The predicted molar refractivity (Wildman–Crippen MR) is 103 cm³/mol. The smallest absolute Gasteiger partial charge is 0.0175 e. The van der Waals surface area contributed by atoms with Gasteiger partial charge in [-0.05, 0) is 51.6 Å². The maximum absolute atomic E-state index is 2.41. The van der Waals surface area contributed by atoms with Gasteiger partial charge in [0.1, 0.15) is 0 Å². The highest BCUT2D eigenvalue weighted by Gasteiger charge is 2.08. The first-order chi connectivity index (χ1) is 11.3. The van der Waals surface area contributed by atoms with Crippen molar-refractivity contribution in [3.8, 4) is 0 Å². The van der Waals surface area contributed by atoms with E-state index in [2.05, 4.69) is 68.4 Å². The highest BCUT2D eigenvalue weighted by Crippen LogP contribution is 2.26. The van der Waals surface area contributed by atoms with Gasteiger partial charge in [0.05, 0.1) is 0 Å². The summed E-state index contributed by atoms with van der Waals surface area (Å²) in [6.45, 7) is 4.62. The van der Waals surface area contributed by atoms with E-state index in [1.165, 1.54) is 65.6 Å². The van der Waals surface area contributed by atoms with Crippen molar-refractivity contribution in [1.82, 2.24) is 0 Å². The van der Waals surface area contributed by atoms with E-state index in [1.54, 1.807) is 0 Å². The number of unbranched alkanes of at least 4 members (excludes halogenated alkanes) is 2. The van der Waals surface area contributed by atoms with Crippen LogP contribution in [-0.2, 0) is 6.42 Å². The van der Waals surface area contributed by atoms with Crippen LogP contribution in [0.25, 0.3) is 21.5 Å². The first kappa shape index (κ1) is 16.1. The van der Waals surface area contributed by atoms with Crippen molar-refractivity contribution in [3.63, 3.8) is 0 Å². The summed E-state index contributed by atoms with van der Waals surface area (Å²) in [4.78, 5) is 0. The Kier molecular flexibility index (Phi) is 5.33. The second kappa shape index (κ2) is 7.64. The van der Waals surface area contributed by atoms with Crippen LogP contribution in [0.4, 0.5) is 0 Å². The highest BCUT2D eigenvalue weighted by molar-refractivity contribution is 5.98. The minimum Gasteiger partial charge on any atom is -0.0654 e. The Balaban J connectivity index is 1.82. The normalized spacial score (nSPS) is 12.8. The molecule has 0 saturated heterocycles. The Morgan fingerprint density at radius 2 is 1.43 bits per heavy atom. The van der Waals surface area contributed by atoms with Gasteiger partial charge in [-0.2, -0.15) is 0 Å². The number of hydrogen-bond donors (Lipinski definition) is 0. The Hall–Kier alpha value is -1.82. The van der Waals surface area contributed by atoms with Crippen molar-refractivity contribution in [3.05, 3.63) is 60.2 Å². The minimum absolute atomic E-state index is 0.833. The molecule has 3 aromatic carbocycles. The second-order valence-electron chi connectivity index (χ2n) is 6.86. The van der Waals surface area contributed by atoms with Crippen LogP contribution in [-0.4, -0.2) is 0 Å². The third kappa shape index (κ3) is 3.93. The van der Waals surface area contributed by atoms with Crippen LogP contribution < -0.4 is 0 Å². The van der Waals surface area contributed by atoms with Crippen LogP contribution in [0, 0.1) is 5.92 Å². The van der Waals surface area contributed by atoms with Crippen molar-refractivity contribution in [2.75, 3.05) is 0 Å². The average Bonchev–Trinajstić information content (AvgIpc) is 2.59. The van der Waals surface area contributed by atoms with E-state index >= 15 is 0 Å². The summed E-state index contributed by atoms with van der Waals surface area (Å²) in [6.07, 6.45) is 7.97. The molecule has 1 unspecified atom stereocenters. The lowest BCUT2D eigenvalue weighted by Crippen LogP contribution is -2.03. The molecule has 0 spiro atoms. The summed E-state index contributed by atoms with van der Waals surface area (Å²) >= 11 is 0. The van der Waals surface area contributed by atoms with Crippen LogP contribution >= 0.6 is 0 Å². The Bertz CT molecular complexity index is 769.